The van der Waals surface area contributed by atoms with Gasteiger partial charge in [-0.3, -0.25) is 9.59 Å². The van der Waals surface area contributed by atoms with Gasteiger partial charge < -0.3 is 15.4 Å². The maximum Gasteiger partial charge on any atom is 0.416 e. The fourth-order valence-electron chi connectivity index (χ4n) is 2.39. The van der Waals surface area contributed by atoms with E-state index < -0.39 is 47.7 Å². The molecule has 0 saturated carbocycles. The minimum atomic E-state index is -5.03. The van der Waals surface area contributed by atoms with Crippen LogP contribution in [0.5, 0.6) is 5.75 Å². The molecule has 0 aliphatic heterocycles. The van der Waals surface area contributed by atoms with Crippen molar-refractivity contribution in [2.24, 2.45) is 0 Å². The second-order valence-electron chi connectivity index (χ2n) is 5.98. The van der Waals surface area contributed by atoms with Crippen molar-refractivity contribution in [3.05, 3.63) is 59.2 Å². The Morgan fingerprint density at radius 3 is 2.03 bits per heavy atom. The van der Waals surface area contributed by atoms with Crippen LogP contribution in [0.3, 0.4) is 0 Å². The van der Waals surface area contributed by atoms with Crippen LogP contribution in [0.4, 0.5) is 32.0 Å². The number of carbonyl (C=O) groups excluding carboxylic acids is 2. The molecule has 0 aliphatic carbocycles. The normalized spacial score (nSPS) is 11.7. The van der Waals surface area contributed by atoms with Gasteiger partial charge in [0.1, 0.15) is 5.75 Å². The van der Waals surface area contributed by atoms with Gasteiger partial charge in [-0.05, 0) is 37.3 Å². The third kappa shape index (κ3) is 6.13. The number of anilines is 1. The van der Waals surface area contributed by atoms with Crippen LogP contribution in [0.1, 0.15) is 28.4 Å². The Kier molecular flexibility index (Phi) is 6.96. The minimum Gasteiger partial charge on any atom is -0.484 e. The van der Waals surface area contributed by atoms with E-state index in [0.29, 0.717) is 18.7 Å². The van der Waals surface area contributed by atoms with Crippen molar-refractivity contribution in [3.63, 3.8) is 0 Å². The first-order chi connectivity index (χ1) is 13.9. The molecule has 2 aromatic rings. The summed E-state index contributed by atoms with van der Waals surface area (Å²) in [5, 5.41) is 4.88. The van der Waals surface area contributed by atoms with E-state index in [-0.39, 0.29) is 17.3 Å². The van der Waals surface area contributed by atoms with Gasteiger partial charge in [-0.2, -0.15) is 26.3 Å². The molecule has 2 N–H and O–H groups in total. The summed E-state index contributed by atoms with van der Waals surface area (Å²) >= 11 is 0. The Morgan fingerprint density at radius 2 is 1.50 bits per heavy atom. The lowest BCUT2D eigenvalue weighted by atomic mass is 10.1. The zero-order valence-corrected chi connectivity index (χ0v) is 15.4. The van der Waals surface area contributed by atoms with Crippen LogP contribution in [0, 0.1) is 0 Å². The number of benzene rings is 2. The quantitative estimate of drug-likeness (QED) is 0.659. The molecule has 0 bridgehead atoms. The van der Waals surface area contributed by atoms with E-state index in [2.05, 4.69) is 10.6 Å². The van der Waals surface area contributed by atoms with Gasteiger partial charge in [0.25, 0.3) is 11.8 Å². The van der Waals surface area contributed by atoms with E-state index in [1.165, 1.54) is 18.2 Å². The summed E-state index contributed by atoms with van der Waals surface area (Å²) < 4.78 is 82.0. The monoisotopic (exact) mass is 434 g/mol. The minimum absolute atomic E-state index is 0.0461. The molecule has 2 amide bonds. The number of alkyl halides is 6. The molecule has 0 fully saturated rings. The van der Waals surface area contributed by atoms with E-state index in [1.54, 1.807) is 13.0 Å². The SMILES string of the molecule is CCNC(=O)c1ccccc1NC(=O)COc1cc(C(F)(F)F)cc(C(F)(F)F)c1. The molecule has 5 nitrogen and oxygen atoms in total. The average molecular weight is 434 g/mol. The summed E-state index contributed by atoms with van der Waals surface area (Å²) in [4.78, 5) is 24.1. The molecule has 0 saturated heterocycles. The van der Waals surface area contributed by atoms with E-state index in [0.717, 1.165) is 0 Å². The van der Waals surface area contributed by atoms with Crippen molar-refractivity contribution in [1.29, 1.82) is 0 Å². The summed E-state index contributed by atoms with van der Waals surface area (Å²) in [5.74, 6) is -2.12. The van der Waals surface area contributed by atoms with E-state index in [1.807, 2.05) is 0 Å². The summed E-state index contributed by atoms with van der Waals surface area (Å²) in [6.07, 6.45) is -10.1. The fraction of sp³-hybridized carbons (Fsp3) is 0.263. The van der Waals surface area contributed by atoms with Gasteiger partial charge in [-0.25, -0.2) is 0 Å². The highest BCUT2D eigenvalue weighted by Crippen LogP contribution is 2.38. The highest BCUT2D eigenvalue weighted by molar-refractivity contribution is 6.04. The van der Waals surface area contributed by atoms with Gasteiger partial charge in [-0.15, -0.1) is 0 Å². The standard InChI is InChI=1S/C19H16F6N2O3/c1-2-26-17(29)14-5-3-4-6-15(14)27-16(28)10-30-13-8-11(18(20,21)22)7-12(9-13)19(23,24)25/h3-9H,2,10H2,1H3,(H,26,29)(H,27,28). The van der Waals surface area contributed by atoms with Crippen LogP contribution in [0.25, 0.3) is 0 Å². The number of ether oxygens (including phenoxy) is 1. The molecular weight excluding hydrogens is 418 g/mol. The molecule has 2 aromatic carbocycles. The second kappa shape index (κ2) is 9.06. The number of amides is 2. The first-order valence-corrected chi connectivity index (χ1v) is 8.51. The van der Waals surface area contributed by atoms with Crippen LogP contribution in [0.2, 0.25) is 0 Å². The number of rotatable bonds is 6. The Morgan fingerprint density at radius 1 is 0.933 bits per heavy atom. The molecule has 162 valence electrons. The van der Waals surface area contributed by atoms with Crippen LogP contribution in [0.15, 0.2) is 42.5 Å². The highest BCUT2D eigenvalue weighted by atomic mass is 19.4. The van der Waals surface area contributed by atoms with Crippen molar-refractivity contribution >= 4 is 17.5 Å². The van der Waals surface area contributed by atoms with Crippen molar-refractivity contribution in [2.45, 2.75) is 19.3 Å². The molecule has 2 rings (SSSR count). The Bertz CT molecular complexity index is 893. The third-order valence-corrected chi connectivity index (χ3v) is 3.71. The Balaban J connectivity index is 2.16. The lowest BCUT2D eigenvalue weighted by Gasteiger charge is -2.15. The molecule has 0 spiro atoms. The summed E-state index contributed by atoms with van der Waals surface area (Å²) in [5.41, 5.74) is -2.88. The topological polar surface area (TPSA) is 67.4 Å². The predicted octanol–water partition coefficient (Wildman–Crippen LogP) is 4.49. The summed E-state index contributed by atoms with van der Waals surface area (Å²) in [6, 6.07) is 6.61. The molecule has 30 heavy (non-hydrogen) atoms. The number of carbonyl (C=O) groups is 2. The van der Waals surface area contributed by atoms with Crippen LogP contribution >= 0.6 is 0 Å². The second-order valence-corrected chi connectivity index (χ2v) is 5.98. The van der Waals surface area contributed by atoms with Crippen molar-refractivity contribution < 1.29 is 40.7 Å². The van der Waals surface area contributed by atoms with Crippen molar-refractivity contribution in [3.8, 4) is 5.75 Å². The number of para-hydroxylation sites is 1. The van der Waals surface area contributed by atoms with Crippen molar-refractivity contribution in [2.75, 3.05) is 18.5 Å². The fourth-order valence-corrected chi connectivity index (χ4v) is 2.39. The molecule has 0 aromatic heterocycles. The maximum atomic E-state index is 12.9. The van der Waals surface area contributed by atoms with Gasteiger partial charge in [0.2, 0.25) is 0 Å². The number of halogens is 6. The van der Waals surface area contributed by atoms with Crippen LogP contribution in [-0.4, -0.2) is 25.0 Å². The third-order valence-electron chi connectivity index (χ3n) is 3.71. The zero-order valence-electron chi connectivity index (χ0n) is 15.4. The number of nitrogens with one attached hydrogen (secondary N) is 2. The Labute approximate surface area is 167 Å². The molecule has 0 heterocycles. The average Bonchev–Trinajstić information content (AvgIpc) is 2.65. The van der Waals surface area contributed by atoms with Crippen LogP contribution < -0.4 is 15.4 Å². The van der Waals surface area contributed by atoms with E-state index >= 15 is 0 Å². The highest BCUT2D eigenvalue weighted by Gasteiger charge is 2.37. The first kappa shape index (κ1) is 23.0. The molecule has 0 atom stereocenters. The number of hydrogen-bond donors (Lipinski definition) is 2. The smallest absolute Gasteiger partial charge is 0.416 e. The molecule has 0 aliphatic rings. The zero-order chi connectivity index (χ0) is 22.5. The molecule has 0 unspecified atom stereocenters. The van der Waals surface area contributed by atoms with Gasteiger partial charge >= 0.3 is 12.4 Å². The first-order valence-electron chi connectivity index (χ1n) is 8.51. The van der Waals surface area contributed by atoms with E-state index in [4.69, 9.17) is 4.74 Å². The van der Waals surface area contributed by atoms with Gasteiger partial charge in [0.05, 0.1) is 22.4 Å². The lowest BCUT2D eigenvalue weighted by molar-refractivity contribution is -0.143. The van der Waals surface area contributed by atoms with Gasteiger partial charge in [-0.1, -0.05) is 12.1 Å². The Hall–Kier alpha value is -3.24. The predicted molar refractivity (Wildman–Crippen MR) is 95.0 cm³/mol. The van der Waals surface area contributed by atoms with Crippen LogP contribution in [-0.2, 0) is 17.1 Å². The number of hydrogen-bond acceptors (Lipinski definition) is 3. The molecular formula is C19H16F6N2O3. The summed E-state index contributed by atoms with van der Waals surface area (Å²) in [7, 11) is 0. The molecule has 11 heteroatoms. The van der Waals surface area contributed by atoms with Crippen molar-refractivity contribution in [1.82, 2.24) is 5.32 Å². The van der Waals surface area contributed by atoms with Gasteiger partial charge in [0.15, 0.2) is 6.61 Å². The van der Waals surface area contributed by atoms with E-state index in [9.17, 15) is 35.9 Å². The van der Waals surface area contributed by atoms with Gasteiger partial charge in [0, 0.05) is 6.54 Å². The lowest BCUT2D eigenvalue weighted by Crippen LogP contribution is -2.26. The molecule has 0 radical (unpaired) electrons. The summed E-state index contributed by atoms with van der Waals surface area (Å²) in [6.45, 7) is 1.15. The maximum absolute atomic E-state index is 12.9. The largest absolute Gasteiger partial charge is 0.484 e.